The number of fused-ring (bicyclic) bond motifs is 2. The molecular weight excluding hydrogens is 428 g/mol. The highest BCUT2D eigenvalue weighted by Gasteiger charge is 2.23. The van der Waals surface area contributed by atoms with Crippen LogP contribution in [0, 0.1) is 0 Å². The number of anilines is 2. The van der Waals surface area contributed by atoms with Crippen molar-refractivity contribution in [3.05, 3.63) is 95.4 Å². The topological polar surface area (TPSA) is 80.5 Å². The number of nitrogens with one attached hydrogen (secondary N) is 1. The average Bonchev–Trinajstić information content (AvgIpc) is 3.16. The fourth-order valence-corrected chi connectivity index (χ4v) is 3.75. The van der Waals surface area contributed by atoms with Gasteiger partial charge in [0.05, 0.1) is 24.3 Å². The van der Waals surface area contributed by atoms with Crippen LogP contribution in [0.25, 0.3) is 0 Å². The lowest BCUT2D eigenvalue weighted by atomic mass is 10.2. The summed E-state index contributed by atoms with van der Waals surface area (Å²) in [5, 5.41) is 3.43. The highest BCUT2D eigenvalue weighted by Crippen LogP contribution is 2.40. The summed E-state index contributed by atoms with van der Waals surface area (Å²) in [5.74, 6) is 1.84. The maximum absolute atomic E-state index is 12.3. The highest BCUT2D eigenvalue weighted by molar-refractivity contribution is 6.31. The van der Waals surface area contributed by atoms with Crippen molar-refractivity contribution in [3.8, 4) is 11.5 Å². The first-order chi connectivity index (χ1) is 15.6. The summed E-state index contributed by atoms with van der Waals surface area (Å²) in [6.07, 6.45) is 4.87. The molecule has 1 aliphatic rings. The third-order valence-electron chi connectivity index (χ3n) is 5.05. The molecule has 1 aliphatic heterocycles. The number of carbonyl (C=O) groups excluding carboxylic acids is 1. The van der Waals surface area contributed by atoms with Gasteiger partial charge in [0.2, 0.25) is 11.8 Å². The van der Waals surface area contributed by atoms with E-state index in [0.29, 0.717) is 41.1 Å². The number of oxazole rings is 1. The van der Waals surface area contributed by atoms with Gasteiger partial charge in [0.1, 0.15) is 12.0 Å². The fraction of sp³-hybridized carbons (Fsp3) is 0.125. The largest absolute Gasteiger partial charge is 0.455 e. The number of para-hydroxylation sites is 1. The molecule has 8 heteroatoms. The Morgan fingerprint density at radius 2 is 1.94 bits per heavy atom. The Kier molecular flexibility index (Phi) is 5.47. The van der Waals surface area contributed by atoms with Crippen molar-refractivity contribution in [3.63, 3.8) is 0 Å². The number of nitrogens with zero attached hydrogens (tertiary/aromatic N) is 3. The predicted octanol–water partition coefficient (Wildman–Crippen LogP) is 5.22. The second-order valence-corrected chi connectivity index (χ2v) is 7.81. The third-order valence-corrected chi connectivity index (χ3v) is 5.28. The lowest BCUT2D eigenvalue weighted by Crippen LogP contribution is -2.21. The summed E-state index contributed by atoms with van der Waals surface area (Å²) in [7, 11) is 0. The van der Waals surface area contributed by atoms with Gasteiger partial charge < -0.3 is 19.4 Å². The van der Waals surface area contributed by atoms with Crippen LogP contribution >= 0.6 is 11.6 Å². The molecule has 0 unspecified atom stereocenters. The maximum atomic E-state index is 12.3. The first-order valence-electron chi connectivity index (χ1n) is 10.1. The molecule has 0 atom stereocenters. The minimum Gasteiger partial charge on any atom is -0.455 e. The van der Waals surface area contributed by atoms with Gasteiger partial charge in [-0.05, 0) is 36.4 Å². The molecule has 2 aromatic carbocycles. The Morgan fingerprint density at radius 1 is 1.09 bits per heavy atom. The number of hydrogen-bond acceptors (Lipinski definition) is 6. The zero-order valence-electron chi connectivity index (χ0n) is 17.0. The zero-order valence-corrected chi connectivity index (χ0v) is 17.7. The summed E-state index contributed by atoms with van der Waals surface area (Å²) in [5.41, 5.74) is 3.14. The van der Waals surface area contributed by atoms with Crippen LogP contribution in [0.1, 0.15) is 17.1 Å². The number of benzene rings is 2. The van der Waals surface area contributed by atoms with E-state index in [1.165, 1.54) is 6.26 Å². The van der Waals surface area contributed by atoms with Crippen molar-refractivity contribution < 1.29 is 13.9 Å². The molecule has 7 nitrogen and oxygen atoms in total. The normalized spacial score (nSPS) is 12.3. The molecule has 0 bridgehead atoms. The smallest absolute Gasteiger partial charge is 0.230 e. The van der Waals surface area contributed by atoms with Crippen molar-refractivity contribution in [1.82, 2.24) is 9.97 Å². The quantitative estimate of drug-likeness (QED) is 0.453. The summed E-state index contributed by atoms with van der Waals surface area (Å²) >= 11 is 6.27. The summed E-state index contributed by atoms with van der Waals surface area (Å²) in [4.78, 5) is 22.9. The van der Waals surface area contributed by atoms with E-state index in [2.05, 4.69) is 20.2 Å². The SMILES string of the molecule is O=C(Cc1coc(CN2Cc3ccccc3Oc3ccc(Cl)cc32)n1)Nc1ccncc1. The number of hydrogen-bond donors (Lipinski definition) is 1. The van der Waals surface area contributed by atoms with Crippen molar-refractivity contribution >= 4 is 28.9 Å². The third kappa shape index (κ3) is 4.43. The van der Waals surface area contributed by atoms with Gasteiger partial charge in [0.15, 0.2) is 5.75 Å². The Hall–Kier alpha value is -3.84. The molecule has 2 aromatic heterocycles. The van der Waals surface area contributed by atoms with Crippen LogP contribution in [0.3, 0.4) is 0 Å². The molecule has 3 heterocycles. The van der Waals surface area contributed by atoms with Gasteiger partial charge in [-0.2, -0.15) is 0 Å². The molecule has 1 amide bonds. The molecule has 0 aliphatic carbocycles. The van der Waals surface area contributed by atoms with Gasteiger partial charge in [-0.1, -0.05) is 29.8 Å². The van der Waals surface area contributed by atoms with Gasteiger partial charge in [0.25, 0.3) is 0 Å². The van der Waals surface area contributed by atoms with Crippen molar-refractivity contribution in [2.24, 2.45) is 0 Å². The first-order valence-corrected chi connectivity index (χ1v) is 10.5. The first kappa shape index (κ1) is 20.1. The van der Waals surface area contributed by atoms with Gasteiger partial charge in [-0.3, -0.25) is 9.78 Å². The van der Waals surface area contributed by atoms with E-state index in [1.807, 2.05) is 36.4 Å². The Bertz CT molecular complexity index is 1260. The standard InChI is InChI=1S/C24H19ClN4O3/c25-17-5-6-22-20(11-17)29(13-16-3-1-2-4-21(16)32-22)14-24-28-19(15-31-24)12-23(30)27-18-7-9-26-10-8-18/h1-11,15H,12-14H2,(H,26,27,30). The van der Waals surface area contributed by atoms with E-state index in [9.17, 15) is 4.79 Å². The number of carbonyl (C=O) groups is 1. The Balaban J connectivity index is 1.34. The van der Waals surface area contributed by atoms with Crippen molar-refractivity contribution in [2.45, 2.75) is 19.5 Å². The number of rotatable bonds is 5. The lowest BCUT2D eigenvalue weighted by molar-refractivity contribution is -0.115. The van der Waals surface area contributed by atoms with Gasteiger partial charge in [-0.25, -0.2) is 4.98 Å². The van der Waals surface area contributed by atoms with Crippen molar-refractivity contribution in [1.29, 1.82) is 0 Å². The molecule has 160 valence electrons. The van der Waals surface area contributed by atoms with Crippen LogP contribution in [0.5, 0.6) is 11.5 Å². The van der Waals surface area contributed by atoms with Gasteiger partial charge >= 0.3 is 0 Å². The Morgan fingerprint density at radius 3 is 2.81 bits per heavy atom. The maximum Gasteiger partial charge on any atom is 0.230 e. The molecule has 5 rings (SSSR count). The molecular formula is C24H19ClN4O3. The zero-order chi connectivity index (χ0) is 21.9. The van der Waals surface area contributed by atoms with E-state index in [0.717, 1.165) is 17.0 Å². The van der Waals surface area contributed by atoms with Crippen LogP contribution in [0.2, 0.25) is 5.02 Å². The molecule has 0 saturated carbocycles. The van der Waals surface area contributed by atoms with Gasteiger partial charge in [0, 0.05) is 35.2 Å². The molecule has 0 saturated heterocycles. The molecule has 1 N–H and O–H groups in total. The van der Waals surface area contributed by atoms with Crippen LogP contribution in [-0.4, -0.2) is 15.9 Å². The fourth-order valence-electron chi connectivity index (χ4n) is 3.58. The summed E-state index contributed by atoms with van der Waals surface area (Å²) in [6.45, 7) is 1.00. The van der Waals surface area contributed by atoms with E-state index in [1.54, 1.807) is 30.6 Å². The number of aromatic nitrogens is 2. The molecule has 4 aromatic rings. The predicted molar refractivity (Wildman–Crippen MR) is 121 cm³/mol. The number of ether oxygens (including phenoxy) is 1. The summed E-state index contributed by atoms with van der Waals surface area (Å²) in [6, 6.07) is 16.9. The van der Waals surface area contributed by atoms with Crippen LogP contribution in [0.4, 0.5) is 11.4 Å². The molecule has 0 spiro atoms. The van der Waals surface area contributed by atoms with E-state index >= 15 is 0 Å². The number of halogens is 1. The minimum absolute atomic E-state index is 0.111. The second-order valence-electron chi connectivity index (χ2n) is 7.37. The van der Waals surface area contributed by atoms with Crippen LogP contribution < -0.4 is 15.0 Å². The van der Waals surface area contributed by atoms with Gasteiger partial charge in [-0.15, -0.1) is 0 Å². The molecule has 0 radical (unpaired) electrons. The lowest BCUT2D eigenvalue weighted by Gasteiger charge is -2.22. The van der Waals surface area contributed by atoms with Crippen LogP contribution in [0.15, 0.2) is 77.7 Å². The summed E-state index contributed by atoms with van der Waals surface area (Å²) < 4.78 is 11.8. The van der Waals surface area contributed by atoms with Crippen LogP contribution in [-0.2, 0) is 24.3 Å². The molecule has 32 heavy (non-hydrogen) atoms. The van der Waals surface area contributed by atoms with E-state index in [4.69, 9.17) is 20.8 Å². The van der Waals surface area contributed by atoms with E-state index in [-0.39, 0.29) is 12.3 Å². The van der Waals surface area contributed by atoms with E-state index < -0.39 is 0 Å². The Labute approximate surface area is 189 Å². The average molecular weight is 447 g/mol. The second kappa shape index (κ2) is 8.72. The van der Waals surface area contributed by atoms with Crippen molar-refractivity contribution in [2.75, 3.05) is 10.2 Å². The number of pyridine rings is 1. The monoisotopic (exact) mass is 446 g/mol. The highest BCUT2D eigenvalue weighted by atomic mass is 35.5. The minimum atomic E-state index is -0.176. The number of amides is 1. The molecule has 0 fully saturated rings.